The summed E-state index contributed by atoms with van der Waals surface area (Å²) < 4.78 is 0. The van der Waals surface area contributed by atoms with Crippen molar-refractivity contribution in [3.05, 3.63) is 64.9 Å². The van der Waals surface area contributed by atoms with E-state index in [1.807, 2.05) is 18.2 Å². The van der Waals surface area contributed by atoms with Crippen LogP contribution in [0.3, 0.4) is 0 Å². The van der Waals surface area contributed by atoms with E-state index in [1.165, 1.54) is 5.56 Å². The highest BCUT2D eigenvalue weighted by atomic mass is 35.5. The number of aromatic nitrogens is 1. The summed E-state index contributed by atoms with van der Waals surface area (Å²) in [6, 6.07) is 13.3. The Labute approximate surface area is 171 Å². The second-order valence-electron chi connectivity index (χ2n) is 7.15. The van der Waals surface area contributed by atoms with Crippen LogP contribution in [0.2, 0.25) is 5.02 Å². The Morgan fingerprint density at radius 2 is 1.96 bits per heavy atom. The summed E-state index contributed by atoms with van der Waals surface area (Å²) in [6.45, 7) is 5.03. The fourth-order valence-corrected chi connectivity index (χ4v) is 3.77. The number of rotatable bonds is 7. The fraction of sp³-hybridized carbons (Fsp3) is 0.409. The van der Waals surface area contributed by atoms with Crippen LogP contribution < -0.4 is 5.43 Å². The monoisotopic (exact) mass is 398 g/mol. The van der Waals surface area contributed by atoms with Crippen molar-refractivity contribution in [2.45, 2.75) is 39.2 Å². The molecule has 148 valence electrons. The predicted molar refractivity (Wildman–Crippen MR) is 113 cm³/mol. The van der Waals surface area contributed by atoms with Gasteiger partial charge in [0.05, 0.1) is 0 Å². The number of benzene rings is 1. The number of nitrogens with one attached hydrogen (secondary N) is 1. The lowest BCUT2D eigenvalue weighted by Crippen LogP contribution is -2.36. The second-order valence-corrected chi connectivity index (χ2v) is 7.56. The highest BCUT2D eigenvalue weighted by Gasteiger charge is 2.23. The van der Waals surface area contributed by atoms with Gasteiger partial charge in [-0.2, -0.15) is 5.10 Å². The zero-order valence-electron chi connectivity index (χ0n) is 16.3. The van der Waals surface area contributed by atoms with Gasteiger partial charge < -0.3 is 0 Å². The first-order valence-corrected chi connectivity index (χ1v) is 10.3. The fourth-order valence-electron chi connectivity index (χ4n) is 3.58. The van der Waals surface area contributed by atoms with Gasteiger partial charge in [0.15, 0.2) is 0 Å². The van der Waals surface area contributed by atoms with Crippen LogP contribution in [0.5, 0.6) is 0 Å². The quantitative estimate of drug-likeness (QED) is 0.550. The van der Waals surface area contributed by atoms with Gasteiger partial charge in [0.2, 0.25) is 0 Å². The molecule has 1 aliphatic heterocycles. The summed E-state index contributed by atoms with van der Waals surface area (Å²) in [5.74, 6) is 0.150. The summed E-state index contributed by atoms with van der Waals surface area (Å²) in [7, 11) is 0. The highest BCUT2D eigenvalue weighted by molar-refractivity contribution is 6.31. The van der Waals surface area contributed by atoms with E-state index in [0.717, 1.165) is 56.1 Å². The van der Waals surface area contributed by atoms with E-state index in [0.29, 0.717) is 11.6 Å². The molecular formula is C22H27ClN4O. The molecule has 1 fully saturated rings. The molecule has 1 amide bonds. The van der Waals surface area contributed by atoms with Gasteiger partial charge in [-0.15, -0.1) is 0 Å². The molecule has 0 radical (unpaired) electrons. The molecule has 2 heterocycles. The van der Waals surface area contributed by atoms with Crippen LogP contribution in [0, 0.1) is 5.92 Å². The molecule has 1 N–H and O–H groups in total. The Hall–Kier alpha value is -2.24. The summed E-state index contributed by atoms with van der Waals surface area (Å²) in [6.07, 6.45) is 5.61. The minimum atomic E-state index is -0.259. The molecule has 1 aromatic heterocycles. The minimum absolute atomic E-state index is 0.259. The van der Waals surface area contributed by atoms with Crippen LogP contribution in [0.15, 0.2) is 53.8 Å². The van der Waals surface area contributed by atoms with Crippen molar-refractivity contribution < 1.29 is 4.79 Å². The predicted octanol–water partition coefficient (Wildman–Crippen LogP) is 4.53. The summed E-state index contributed by atoms with van der Waals surface area (Å²) >= 11 is 6.29. The van der Waals surface area contributed by atoms with Gasteiger partial charge in [-0.3, -0.25) is 14.7 Å². The molecule has 1 saturated heterocycles. The SMILES string of the molecule is CCCC(=NNC(=O)c1ccccn1)C1CCN(Cc2ccccc2Cl)CC1. The van der Waals surface area contributed by atoms with Crippen LogP contribution in [0.25, 0.3) is 0 Å². The Kier molecular flexibility index (Phi) is 7.57. The molecule has 2 aromatic rings. The van der Waals surface area contributed by atoms with Crippen molar-refractivity contribution in [1.82, 2.24) is 15.3 Å². The van der Waals surface area contributed by atoms with Gasteiger partial charge in [0, 0.05) is 29.4 Å². The number of likely N-dealkylation sites (tertiary alicyclic amines) is 1. The van der Waals surface area contributed by atoms with E-state index in [1.54, 1.807) is 24.4 Å². The molecule has 0 saturated carbocycles. The maximum Gasteiger partial charge on any atom is 0.289 e. The molecule has 1 aliphatic rings. The molecule has 0 aliphatic carbocycles. The number of pyridine rings is 1. The number of halogens is 1. The number of carbonyl (C=O) groups is 1. The Morgan fingerprint density at radius 3 is 2.64 bits per heavy atom. The van der Waals surface area contributed by atoms with Crippen LogP contribution in [0.1, 0.15) is 48.7 Å². The average molecular weight is 399 g/mol. The van der Waals surface area contributed by atoms with Crippen molar-refractivity contribution in [2.24, 2.45) is 11.0 Å². The lowest BCUT2D eigenvalue weighted by Gasteiger charge is -2.32. The van der Waals surface area contributed by atoms with Crippen molar-refractivity contribution in [2.75, 3.05) is 13.1 Å². The van der Waals surface area contributed by atoms with Gasteiger partial charge >= 0.3 is 0 Å². The topological polar surface area (TPSA) is 57.6 Å². The van der Waals surface area contributed by atoms with Gasteiger partial charge in [-0.05, 0) is 56.1 Å². The number of hydrazone groups is 1. The van der Waals surface area contributed by atoms with Crippen LogP contribution >= 0.6 is 11.6 Å². The largest absolute Gasteiger partial charge is 0.299 e. The zero-order valence-corrected chi connectivity index (χ0v) is 17.0. The first-order chi connectivity index (χ1) is 13.7. The summed E-state index contributed by atoms with van der Waals surface area (Å²) in [4.78, 5) is 18.7. The van der Waals surface area contributed by atoms with E-state index in [9.17, 15) is 4.79 Å². The van der Waals surface area contributed by atoms with Crippen LogP contribution in [0.4, 0.5) is 0 Å². The van der Waals surface area contributed by atoms with Crippen molar-refractivity contribution >= 4 is 23.2 Å². The molecule has 0 bridgehead atoms. The van der Waals surface area contributed by atoms with E-state index in [2.05, 4.69) is 33.4 Å². The molecule has 6 heteroatoms. The molecule has 0 unspecified atom stereocenters. The standard InChI is InChI=1S/C22H27ClN4O/c1-2-7-20(25-26-22(28)21-10-5-6-13-24-21)17-11-14-27(15-12-17)16-18-8-3-4-9-19(18)23/h3-6,8-10,13,17H,2,7,11-12,14-16H2,1H3,(H,26,28). The number of hydrogen-bond donors (Lipinski definition) is 1. The van der Waals surface area contributed by atoms with E-state index >= 15 is 0 Å². The Morgan fingerprint density at radius 1 is 1.21 bits per heavy atom. The second kappa shape index (κ2) is 10.3. The molecule has 28 heavy (non-hydrogen) atoms. The normalized spacial score (nSPS) is 16.1. The molecular weight excluding hydrogens is 372 g/mol. The number of nitrogens with zero attached hydrogens (tertiary/aromatic N) is 3. The van der Waals surface area contributed by atoms with Crippen molar-refractivity contribution in [3.63, 3.8) is 0 Å². The lowest BCUT2D eigenvalue weighted by molar-refractivity contribution is 0.0949. The van der Waals surface area contributed by atoms with E-state index < -0.39 is 0 Å². The first-order valence-electron chi connectivity index (χ1n) is 9.91. The van der Waals surface area contributed by atoms with Crippen molar-refractivity contribution in [1.29, 1.82) is 0 Å². The third-order valence-electron chi connectivity index (χ3n) is 5.12. The first kappa shape index (κ1) is 20.5. The average Bonchev–Trinajstić information content (AvgIpc) is 2.74. The molecule has 1 aromatic carbocycles. The van der Waals surface area contributed by atoms with Gasteiger partial charge in [0.1, 0.15) is 5.69 Å². The number of hydrogen-bond acceptors (Lipinski definition) is 4. The van der Waals surface area contributed by atoms with Crippen LogP contribution in [-0.2, 0) is 6.54 Å². The third-order valence-corrected chi connectivity index (χ3v) is 5.48. The summed E-state index contributed by atoms with van der Waals surface area (Å²) in [5.41, 5.74) is 5.34. The smallest absolute Gasteiger partial charge is 0.289 e. The number of amides is 1. The van der Waals surface area contributed by atoms with Gasteiger partial charge in [-0.1, -0.05) is 49.2 Å². The zero-order chi connectivity index (χ0) is 19.8. The lowest BCUT2D eigenvalue weighted by atomic mass is 9.89. The maximum absolute atomic E-state index is 12.2. The Bertz CT molecular complexity index is 801. The summed E-state index contributed by atoms with van der Waals surface area (Å²) in [5, 5.41) is 5.30. The van der Waals surface area contributed by atoms with Gasteiger partial charge in [0.25, 0.3) is 5.91 Å². The maximum atomic E-state index is 12.2. The minimum Gasteiger partial charge on any atom is -0.299 e. The molecule has 5 nitrogen and oxygen atoms in total. The van der Waals surface area contributed by atoms with Gasteiger partial charge in [-0.25, -0.2) is 5.43 Å². The number of carbonyl (C=O) groups excluding carboxylic acids is 1. The molecule has 0 atom stereocenters. The molecule has 3 rings (SSSR count). The Balaban J connectivity index is 1.56. The molecule has 0 spiro atoms. The van der Waals surface area contributed by atoms with E-state index in [-0.39, 0.29) is 5.91 Å². The highest BCUT2D eigenvalue weighted by Crippen LogP contribution is 2.24. The van der Waals surface area contributed by atoms with Crippen LogP contribution in [-0.4, -0.2) is 34.6 Å². The number of piperidine rings is 1. The van der Waals surface area contributed by atoms with Crippen molar-refractivity contribution in [3.8, 4) is 0 Å². The van der Waals surface area contributed by atoms with E-state index in [4.69, 9.17) is 11.6 Å². The third kappa shape index (κ3) is 5.63.